The first-order valence-electron chi connectivity index (χ1n) is 7.05. The lowest BCUT2D eigenvalue weighted by Crippen LogP contribution is -2.24. The summed E-state index contributed by atoms with van der Waals surface area (Å²) in [5.74, 6) is 2.04. The summed E-state index contributed by atoms with van der Waals surface area (Å²) in [6.07, 6.45) is 1.13. The predicted molar refractivity (Wildman–Crippen MR) is 89.4 cm³/mol. The van der Waals surface area contributed by atoms with Crippen LogP contribution in [0, 0.1) is 0 Å². The fourth-order valence-electron chi connectivity index (χ4n) is 2.56. The highest BCUT2D eigenvalue weighted by Crippen LogP contribution is 2.37. The van der Waals surface area contributed by atoms with Crippen LogP contribution in [0.3, 0.4) is 0 Å². The molecule has 2 nitrogen and oxygen atoms in total. The lowest BCUT2D eigenvalue weighted by atomic mass is 10.0. The lowest BCUT2D eigenvalue weighted by molar-refractivity contribution is 0.414. The van der Waals surface area contributed by atoms with Gasteiger partial charge in [-0.1, -0.05) is 23.7 Å². The molecule has 1 heterocycles. The molecule has 2 aromatic rings. The van der Waals surface area contributed by atoms with Crippen molar-refractivity contribution >= 4 is 23.4 Å². The number of hydrogen-bond acceptors (Lipinski definition) is 3. The summed E-state index contributed by atoms with van der Waals surface area (Å²) >= 11 is 8.05. The Hall–Kier alpha value is -1.16. The topological polar surface area (TPSA) is 21.3 Å². The summed E-state index contributed by atoms with van der Waals surface area (Å²) in [6.45, 7) is 0.852. The maximum Gasteiger partial charge on any atom is 0.118 e. The molecule has 0 radical (unpaired) electrons. The van der Waals surface area contributed by atoms with Gasteiger partial charge in [-0.3, -0.25) is 0 Å². The molecule has 2 aromatic carbocycles. The van der Waals surface area contributed by atoms with Crippen LogP contribution < -0.4 is 10.1 Å². The second-order valence-electron chi connectivity index (χ2n) is 5.10. The molecule has 110 valence electrons. The molecule has 0 saturated carbocycles. The first kappa shape index (κ1) is 14.8. The number of nitrogens with one attached hydrogen (secondary N) is 1. The summed E-state index contributed by atoms with van der Waals surface area (Å²) in [7, 11) is 1.69. The number of rotatable bonds is 4. The molecule has 1 N–H and O–H groups in total. The molecule has 0 aromatic heterocycles. The number of hydrogen-bond donors (Lipinski definition) is 1. The third kappa shape index (κ3) is 3.54. The molecule has 21 heavy (non-hydrogen) atoms. The highest BCUT2D eigenvalue weighted by atomic mass is 35.5. The third-order valence-corrected chi connectivity index (χ3v) is 5.08. The number of thioether (sulfide) groups is 1. The van der Waals surface area contributed by atoms with Crippen molar-refractivity contribution < 1.29 is 4.74 Å². The van der Waals surface area contributed by atoms with Gasteiger partial charge in [0.05, 0.1) is 7.11 Å². The Morgan fingerprint density at radius 3 is 2.81 bits per heavy atom. The van der Waals surface area contributed by atoms with Gasteiger partial charge in [-0.25, -0.2) is 0 Å². The van der Waals surface area contributed by atoms with E-state index in [1.54, 1.807) is 7.11 Å². The van der Waals surface area contributed by atoms with Crippen LogP contribution in [0.5, 0.6) is 5.75 Å². The zero-order valence-electron chi connectivity index (χ0n) is 11.9. The van der Waals surface area contributed by atoms with E-state index in [-0.39, 0.29) is 0 Å². The molecule has 0 bridgehead atoms. The van der Waals surface area contributed by atoms with Crippen molar-refractivity contribution in [3.8, 4) is 5.75 Å². The van der Waals surface area contributed by atoms with Gasteiger partial charge in [0, 0.05) is 22.5 Å². The molecule has 0 aliphatic carbocycles. The molecule has 1 atom stereocenters. The van der Waals surface area contributed by atoms with Gasteiger partial charge in [-0.2, -0.15) is 0 Å². The van der Waals surface area contributed by atoms with E-state index in [1.807, 2.05) is 30.0 Å². The highest BCUT2D eigenvalue weighted by Gasteiger charge is 2.20. The molecule has 0 spiro atoms. The first-order chi connectivity index (χ1) is 10.3. The Morgan fingerprint density at radius 2 is 2.05 bits per heavy atom. The smallest absolute Gasteiger partial charge is 0.118 e. The van der Waals surface area contributed by atoms with Crippen LogP contribution in [0.15, 0.2) is 47.4 Å². The molecule has 0 amide bonds. The van der Waals surface area contributed by atoms with Crippen molar-refractivity contribution in [3.05, 3.63) is 58.6 Å². The van der Waals surface area contributed by atoms with Crippen LogP contribution in [0.25, 0.3) is 0 Å². The molecule has 1 aliphatic heterocycles. The molecule has 1 aliphatic rings. The summed E-state index contributed by atoms with van der Waals surface area (Å²) in [6, 6.07) is 14.8. The molecular weight excluding hydrogens is 302 g/mol. The maximum atomic E-state index is 6.14. The Kier molecular flexibility index (Phi) is 4.73. The Labute approximate surface area is 134 Å². The van der Waals surface area contributed by atoms with Crippen LogP contribution in [0.4, 0.5) is 0 Å². The van der Waals surface area contributed by atoms with E-state index in [0.29, 0.717) is 6.04 Å². The van der Waals surface area contributed by atoms with Crippen LogP contribution in [-0.4, -0.2) is 12.9 Å². The number of methoxy groups -OCH3 is 1. The number of halogens is 1. The van der Waals surface area contributed by atoms with Crippen LogP contribution in [0.2, 0.25) is 5.02 Å². The summed E-state index contributed by atoms with van der Waals surface area (Å²) in [5, 5.41) is 4.46. The van der Waals surface area contributed by atoms with E-state index in [2.05, 4.69) is 29.6 Å². The van der Waals surface area contributed by atoms with Crippen molar-refractivity contribution in [2.45, 2.75) is 23.9 Å². The number of benzene rings is 2. The summed E-state index contributed by atoms with van der Waals surface area (Å²) in [4.78, 5) is 1.35. The van der Waals surface area contributed by atoms with E-state index in [4.69, 9.17) is 16.3 Å². The Bertz CT molecular complexity index is 615. The van der Waals surface area contributed by atoms with Crippen molar-refractivity contribution in [1.29, 1.82) is 0 Å². The molecule has 0 fully saturated rings. The van der Waals surface area contributed by atoms with Gasteiger partial charge in [0.2, 0.25) is 0 Å². The van der Waals surface area contributed by atoms with Crippen molar-refractivity contribution in [2.24, 2.45) is 0 Å². The van der Waals surface area contributed by atoms with E-state index in [1.165, 1.54) is 16.0 Å². The highest BCUT2D eigenvalue weighted by molar-refractivity contribution is 7.99. The average Bonchev–Trinajstić information content (AvgIpc) is 2.53. The van der Waals surface area contributed by atoms with Gasteiger partial charge >= 0.3 is 0 Å². The maximum absolute atomic E-state index is 6.14. The lowest BCUT2D eigenvalue weighted by Gasteiger charge is -2.26. The Balaban J connectivity index is 1.70. The summed E-state index contributed by atoms with van der Waals surface area (Å²) < 4.78 is 5.19. The Morgan fingerprint density at radius 1 is 1.24 bits per heavy atom. The standard InChI is InChI=1S/C17H18ClNOS/c1-20-14-5-2-12(3-6-14)11-19-16-8-9-21-17-7-4-13(18)10-15(16)17/h2-7,10,16,19H,8-9,11H2,1H3. The van der Waals surface area contributed by atoms with E-state index in [9.17, 15) is 0 Å². The van der Waals surface area contributed by atoms with Gasteiger partial charge in [0.1, 0.15) is 5.75 Å². The SMILES string of the molecule is COc1ccc(CNC2CCSc3ccc(Cl)cc32)cc1. The predicted octanol–water partition coefficient (Wildman–Crippen LogP) is 4.68. The quantitative estimate of drug-likeness (QED) is 0.884. The second-order valence-corrected chi connectivity index (χ2v) is 6.67. The average molecular weight is 320 g/mol. The minimum atomic E-state index is 0.377. The van der Waals surface area contributed by atoms with Gasteiger partial charge in [0.25, 0.3) is 0 Å². The van der Waals surface area contributed by atoms with Crippen LogP contribution in [0.1, 0.15) is 23.6 Å². The molecular formula is C17H18ClNOS. The van der Waals surface area contributed by atoms with Crippen LogP contribution >= 0.6 is 23.4 Å². The largest absolute Gasteiger partial charge is 0.497 e. The molecule has 0 saturated heterocycles. The van der Waals surface area contributed by atoms with Gasteiger partial charge in [0.15, 0.2) is 0 Å². The zero-order chi connectivity index (χ0) is 14.7. The molecule has 4 heteroatoms. The fraction of sp³-hybridized carbons (Fsp3) is 0.294. The second kappa shape index (κ2) is 6.73. The monoisotopic (exact) mass is 319 g/mol. The minimum absolute atomic E-state index is 0.377. The van der Waals surface area contributed by atoms with E-state index < -0.39 is 0 Å². The van der Waals surface area contributed by atoms with Gasteiger partial charge in [-0.15, -0.1) is 11.8 Å². The number of fused-ring (bicyclic) bond motifs is 1. The fourth-order valence-corrected chi connectivity index (χ4v) is 3.85. The normalized spacial score (nSPS) is 17.3. The van der Waals surface area contributed by atoms with E-state index >= 15 is 0 Å². The van der Waals surface area contributed by atoms with Gasteiger partial charge < -0.3 is 10.1 Å². The van der Waals surface area contributed by atoms with Crippen molar-refractivity contribution in [2.75, 3.05) is 12.9 Å². The number of ether oxygens (including phenoxy) is 1. The minimum Gasteiger partial charge on any atom is -0.497 e. The third-order valence-electron chi connectivity index (χ3n) is 3.72. The molecule has 3 rings (SSSR count). The molecule has 1 unspecified atom stereocenters. The van der Waals surface area contributed by atoms with Crippen molar-refractivity contribution in [3.63, 3.8) is 0 Å². The van der Waals surface area contributed by atoms with E-state index in [0.717, 1.165) is 29.5 Å². The van der Waals surface area contributed by atoms with Crippen molar-refractivity contribution in [1.82, 2.24) is 5.32 Å². The van der Waals surface area contributed by atoms with Gasteiger partial charge in [-0.05, 0) is 53.6 Å². The zero-order valence-corrected chi connectivity index (χ0v) is 13.5. The summed E-state index contributed by atoms with van der Waals surface area (Å²) in [5.41, 5.74) is 2.59. The first-order valence-corrected chi connectivity index (χ1v) is 8.41. The van der Waals surface area contributed by atoms with Crippen LogP contribution in [-0.2, 0) is 6.54 Å².